The first-order valence-corrected chi connectivity index (χ1v) is 6.81. The summed E-state index contributed by atoms with van der Waals surface area (Å²) >= 11 is 12.1. The summed E-state index contributed by atoms with van der Waals surface area (Å²) < 4.78 is -0.527. The van der Waals surface area contributed by atoms with E-state index in [1.807, 2.05) is 0 Å². The quantitative estimate of drug-likeness (QED) is 0.691. The number of fused-ring (bicyclic) bond motifs is 1. The number of nitrogens with zero attached hydrogens (tertiary/aromatic N) is 2. The number of benzene rings is 1. The van der Waals surface area contributed by atoms with E-state index in [1.54, 1.807) is 25.1 Å². The van der Waals surface area contributed by atoms with Gasteiger partial charge in [-0.05, 0) is 25.5 Å². The van der Waals surface area contributed by atoms with Gasteiger partial charge in [-0.2, -0.15) is 4.68 Å². The average molecular weight is 330 g/mol. The predicted octanol–water partition coefficient (Wildman–Crippen LogP) is 2.38. The minimum Gasteiger partial charge on any atom is -0.328 e. The number of carbonyl (C=O) groups is 1. The van der Waals surface area contributed by atoms with Gasteiger partial charge in [-0.3, -0.25) is 4.79 Å². The van der Waals surface area contributed by atoms with Crippen molar-refractivity contribution in [3.8, 4) is 0 Å². The maximum atomic E-state index is 12.6. The topological polar surface area (TPSA) is 73.2 Å². The molecule has 1 N–H and O–H groups in total. The molecule has 0 saturated carbocycles. The fourth-order valence-corrected chi connectivity index (χ4v) is 2.14. The highest BCUT2D eigenvalue weighted by Gasteiger charge is 2.28. The van der Waals surface area contributed by atoms with Crippen molar-refractivity contribution in [2.45, 2.75) is 25.1 Å². The number of nitrogens with one attached hydrogen (secondary N) is 1. The molecule has 0 aliphatic carbocycles. The molecule has 2 aromatic rings. The van der Waals surface area contributed by atoms with E-state index >= 15 is 0 Å². The zero-order valence-corrected chi connectivity index (χ0v) is 13.1. The first-order valence-electron chi connectivity index (χ1n) is 6.06. The number of alkyl halides is 2. The average Bonchev–Trinajstić information content (AvgIpc) is 2.35. The summed E-state index contributed by atoms with van der Waals surface area (Å²) in [5.74, 6) is -0.598. The molecular formula is C13H13Cl2N3O3. The lowest BCUT2D eigenvalue weighted by Gasteiger charge is -2.20. The molecule has 8 heteroatoms. The highest BCUT2D eigenvalue weighted by atomic mass is 35.5. The van der Waals surface area contributed by atoms with E-state index in [0.717, 1.165) is 10.2 Å². The van der Waals surface area contributed by atoms with E-state index < -0.39 is 15.9 Å². The molecule has 1 aromatic heterocycles. The Labute approximate surface area is 130 Å². The fraction of sp³-hybridized carbons (Fsp3) is 0.308. The second kappa shape index (κ2) is 5.54. The van der Waals surface area contributed by atoms with Gasteiger partial charge < -0.3 is 4.84 Å². The van der Waals surface area contributed by atoms with Crippen LogP contribution in [0.25, 0.3) is 10.9 Å². The van der Waals surface area contributed by atoms with Crippen LogP contribution < -0.4 is 11.1 Å². The van der Waals surface area contributed by atoms with Gasteiger partial charge in [0.15, 0.2) is 10.2 Å². The SMILES string of the molecule is CC(=O)ONn1c(C(C)(Cl)Cl)nc2cccc(C)c2c1=O. The molecule has 0 atom stereocenters. The van der Waals surface area contributed by atoms with Gasteiger partial charge in [0.1, 0.15) is 0 Å². The van der Waals surface area contributed by atoms with Gasteiger partial charge in [-0.25, -0.2) is 9.78 Å². The zero-order chi connectivity index (χ0) is 15.8. The van der Waals surface area contributed by atoms with Gasteiger partial charge in [0.05, 0.1) is 10.9 Å². The first kappa shape index (κ1) is 15.6. The van der Waals surface area contributed by atoms with Crippen LogP contribution in [0.3, 0.4) is 0 Å². The third-order valence-corrected chi connectivity index (χ3v) is 3.12. The number of rotatable bonds is 3. The molecule has 0 amide bonds. The lowest BCUT2D eigenvalue weighted by Crippen LogP contribution is -2.37. The van der Waals surface area contributed by atoms with Crippen LogP contribution in [-0.4, -0.2) is 15.6 Å². The van der Waals surface area contributed by atoms with Crippen LogP contribution in [0.15, 0.2) is 23.0 Å². The minimum absolute atomic E-state index is 0.0233. The number of aryl methyl sites for hydroxylation is 1. The van der Waals surface area contributed by atoms with Crippen molar-refractivity contribution in [2.24, 2.45) is 0 Å². The summed E-state index contributed by atoms with van der Waals surface area (Å²) in [5, 5.41) is 0.387. The van der Waals surface area contributed by atoms with E-state index in [-0.39, 0.29) is 5.82 Å². The van der Waals surface area contributed by atoms with Crippen LogP contribution in [0.2, 0.25) is 0 Å². The molecule has 0 radical (unpaired) electrons. The van der Waals surface area contributed by atoms with Gasteiger partial charge in [0.2, 0.25) is 0 Å². The van der Waals surface area contributed by atoms with E-state index in [0.29, 0.717) is 10.9 Å². The normalized spacial score (nSPS) is 11.5. The van der Waals surface area contributed by atoms with Crippen molar-refractivity contribution in [2.75, 3.05) is 5.59 Å². The van der Waals surface area contributed by atoms with Crippen LogP contribution in [0.4, 0.5) is 0 Å². The molecule has 0 aliphatic heterocycles. The predicted molar refractivity (Wildman–Crippen MR) is 80.9 cm³/mol. The highest BCUT2D eigenvalue weighted by molar-refractivity contribution is 6.47. The van der Waals surface area contributed by atoms with E-state index in [4.69, 9.17) is 23.2 Å². The zero-order valence-electron chi connectivity index (χ0n) is 11.6. The maximum absolute atomic E-state index is 12.6. The van der Waals surface area contributed by atoms with Crippen LogP contribution in [-0.2, 0) is 14.0 Å². The number of carbonyl (C=O) groups excluding carboxylic acids is 1. The maximum Gasteiger partial charge on any atom is 0.331 e. The van der Waals surface area contributed by atoms with Gasteiger partial charge in [0.25, 0.3) is 5.56 Å². The molecule has 0 fully saturated rings. The minimum atomic E-state index is -1.45. The van der Waals surface area contributed by atoms with Crippen LogP contribution in [0, 0.1) is 6.92 Å². The standard InChI is InChI=1S/C13H13Cl2N3O3/c1-7-5-4-6-9-10(7)11(20)18(17-21-8(2)19)12(16-9)13(3,14)15/h4-6,17H,1-3H3. The number of halogens is 2. The Morgan fingerprint density at radius 3 is 2.67 bits per heavy atom. The van der Waals surface area contributed by atoms with Crippen LogP contribution >= 0.6 is 23.2 Å². The molecule has 1 heterocycles. The molecule has 21 heavy (non-hydrogen) atoms. The number of hydrogen-bond donors (Lipinski definition) is 1. The molecule has 2 rings (SSSR count). The lowest BCUT2D eigenvalue weighted by atomic mass is 10.1. The van der Waals surface area contributed by atoms with Crippen molar-refractivity contribution in [3.63, 3.8) is 0 Å². The van der Waals surface area contributed by atoms with Crippen molar-refractivity contribution in [1.29, 1.82) is 0 Å². The monoisotopic (exact) mass is 329 g/mol. The summed E-state index contributed by atoms with van der Waals surface area (Å²) in [6.07, 6.45) is 0. The second-order valence-corrected chi connectivity index (χ2v) is 6.32. The highest BCUT2D eigenvalue weighted by Crippen LogP contribution is 2.31. The Hall–Kier alpha value is -1.79. The Kier molecular flexibility index (Phi) is 4.11. The van der Waals surface area contributed by atoms with Gasteiger partial charge >= 0.3 is 5.97 Å². The van der Waals surface area contributed by atoms with Crippen molar-refractivity contribution >= 4 is 40.1 Å². The molecule has 1 aromatic carbocycles. The third kappa shape index (κ3) is 3.11. The van der Waals surface area contributed by atoms with E-state index in [1.165, 1.54) is 13.8 Å². The molecule has 0 aliphatic rings. The Morgan fingerprint density at radius 2 is 2.10 bits per heavy atom. The largest absolute Gasteiger partial charge is 0.331 e. The molecule has 112 valence electrons. The van der Waals surface area contributed by atoms with Crippen LogP contribution in [0.1, 0.15) is 25.2 Å². The number of aromatic nitrogens is 2. The van der Waals surface area contributed by atoms with Gasteiger partial charge in [-0.15, -0.1) is 5.59 Å². The van der Waals surface area contributed by atoms with Crippen LogP contribution in [0.5, 0.6) is 0 Å². The summed E-state index contributed by atoms with van der Waals surface area (Å²) in [6, 6.07) is 5.24. The Balaban J connectivity index is 2.78. The molecule has 0 unspecified atom stereocenters. The van der Waals surface area contributed by atoms with Gasteiger partial charge in [0, 0.05) is 6.92 Å². The molecule has 0 spiro atoms. The summed E-state index contributed by atoms with van der Waals surface area (Å²) in [5.41, 5.74) is 2.97. The third-order valence-electron chi connectivity index (χ3n) is 2.78. The Bertz CT molecular complexity index is 766. The molecular weight excluding hydrogens is 317 g/mol. The molecule has 0 saturated heterocycles. The summed E-state index contributed by atoms with van der Waals surface area (Å²) in [4.78, 5) is 32.5. The Morgan fingerprint density at radius 1 is 1.43 bits per heavy atom. The smallest absolute Gasteiger partial charge is 0.328 e. The van der Waals surface area contributed by atoms with Crippen molar-refractivity contribution in [3.05, 3.63) is 39.9 Å². The second-order valence-electron chi connectivity index (χ2n) is 4.62. The van der Waals surface area contributed by atoms with E-state index in [9.17, 15) is 9.59 Å². The summed E-state index contributed by atoms with van der Waals surface area (Å²) in [6.45, 7) is 4.44. The first-order chi connectivity index (χ1) is 9.71. The van der Waals surface area contributed by atoms with Crippen molar-refractivity contribution < 1.29 is 9.63 Å². The fourth-order valence-electron chi connectivity index (χ4n) is 1.88. The van der Waals surface area contributed by atoms with Gasteiger partial charge in [-0.1, -0.05) is 35.3 Å². The molecule has 0 bridgehead atoms. The lowest BCUT2D eigenvalue weighted by molar-refractivity contribution is -0.139. The summed E-state index contributed by atoms with van der Waals surface area (Å²) in [7, 11) is 0. The van der Waals surface area contributed by atoms with E-state index in [2.05, 4.69) is 15.4 Å². The molecule has 6 nitrogen and oxygen atoms in total. The number of hydrogen-bond acceptors (Lipinski definition) is 5. The van der Waals surface area contributed by atoms with Crippen molar-refractivity contribution in [1.82, 2.24) is 9.66 Å².